The number of carbonyl (C=O) groups is 2. The smallest absolute Gasteiger partial charge is 0.450 e. The summed E-state index contributed by atoms with van der Waals surface area (Å²) in [6.45, 7) is 0. The van der Waals surface area contributed by atoms with E-state index in [2.05, 4.69) is 0 Å². The Labute approximate surface area is 256 Å². The van der Waals surface area contributed by atoms with Crippen LogP contribution in [0.1, 0.15) is 0 Å². The van der Waals surface area contributed by atoms with Gasteiger partial charge in [-0.2, -0.15) is 0 Å². The average Bonchev–Trinajstić information content (AvgIpc) is 1.25. The predicted octanol–water partition coefficient (Wildman–Crippen LogP) is -3.55. The molecule has 76 valence electrons. The molecule has 0 amide bonds. The third-order valence-electron chi connectivity index (χ3n) is 0. The van der Waals surface area contributed by atoms with Crippen LogP contribution in [0.3, 0.4) is 0 Å². The molecular formula is C2H10K4O9. The van der Waals surface area contributed by atoms with Crippen LogP contribution in [0.4, 0.5) is 9.59 Å². The van der Waals surface area contributed by atoms with Crippen molar-refractivity contribution in [1.82, 2.24) is 0 Å². The van der Waals surface area contributed by atoms with Crippen LogP contribution in [0.2, 0.25) is 0 Å². The maximum absolute atomic E-state index is 8.56. The fourth-order valence-corrected chi connectivity index (χ4v) is 0. The quantitative estimate of drug-likeness (QED) is 0.329. The van der Waals surface area contributed by atoms with Gasteiger partial charge in [-0.25, -0.2) is 9.59 Å². The zero-order valence-electron chi connectivity index (χ0n) is 9.11. The molecule has 15 heavy (non-hydrogen) atoms. The molecule has 13 heteroatoms. The van der Waals surface area contributed by atoms with Crippen molar-refractivity contribution in [2.45, 2.75) is 0 Å². The van der Waals surface area contributed by atoms with E-state index in [9.17, 15) is 0 Å². The van der Waals surface area contributed by atoms with Crippen LogP contribution < -0.4 is 0 Å². The molecule has 0 rings (SSSR count). The van der Waals surface area contributed by atoms with Crippen molar-refractivity contribution in [2.24, 2.45) is 0 Å². The summed E-state index contributed by atoms with van der Waals surface area (Å²) in [5, 5.41) is 27.9. The SMILES string of the molecule is O.O.O.O=C(O)O.O=C(O)O.[K].[K].[K].[K]. The maximum atomic E-state index is 8.56. The Morgan fingerprint density at radius 2 is 0.533 bits per heavy atom. The third-order valence-corrected chi connectivity index (χ3v) is 0. The molecule has 0 aliphatic heterocycles. The molecule has 0 unspecified atom stereocenters. The minimum atomic E-state index is -1.83. The molecule has 0 heterocycles. The van der Waals surface area contributed by atoms with Gasteiger partial charge in [-0.05, 0) is 0 Å². The molecular weight excluding hydrogens is 324 g/mol. The number of rotatable bonds is 0. The Morgan fingerprint density at radius 3 is 0.533 bits per heavy atom. The first-order valence-electron chi connectivity index (χ1n) is 1.30. The van der Waals surface area contributed by atoms with Crippen molar-refractivity contribution < 1.29 is 46.4 Å². The van der Waals surface area contributed by atoms with E-state index < -0.39 is 12.3 Å². The van der Waals surface area contributed by atoms with E-state index in [1.807, 2.05) is 0 Å². The Kier molecular flexibility index (Phi) is 203. The predicted molar refractivity (Wildman–Crippen MR) is 55.2 cm³/mol. The van der Waals surface area contributed by atoms with E-state index in [4.69, 9.17) is 30.0 Å². The van der Waals surface area contributed by atoms with E-state index in [-0.39, 0.29) is 222 Å². The largest absolute Gasteiger partial charge is 0.503 e. The van der Waals surface area contributed by atoms with Crippen LogP contribution >= 0.6 is 0 Å². The topological polar surface area (TPSA) is 210 Å². The van der Waals surface area contributed by atoms with E-state index >= 15 is 0 Å². The second-order valence-electron chi connectivity index (χ2n) is 0.565. The molecule has 0 fully saturated rings. The van der Waals surface area contributed by atoms with Gasteiger partial charge in [-0.3, -0.25) is 0 Å². The van der Waals surface area contributed by atoms with Crippen LogP contribution in [0.5, 0.6) is 0 Å². The van der Waals surface area contributed by atoms with E-state index in [0.717, 1.165) is 0 Å². The van der Waals surface area contributed by atoms with Gasteiger partial charge >= 0.3 is 12.3 Å². The summed E-state index contributed by atoms with van der Waals surface area (Å²) in [6.07, 6.45) is -3.67. The van der Waals surface area contributed by atoms with Gasteiger partial charge in [-0.15, -0.1) is 0 Å². The van der Waals surface area contributed by atoms with Crippen molar-refractivity contribution in [3.8, 4) is 0 Å². The first-order chi connectivity index (χ1) is 3.46. The first-order valence-corrected chi connectivity index (χ1v) is 1.30. The monoisotopic (exact) mass is 334 g/mol. The van der Waals surface area contributed by atoms with Crippen molar-refractivity contribution in [3.63, 3.8) is 0 Å². The summed E-state index contributed by atoms with van der Waals surface area (Å²) >= 11 is 0. The van der Waals surface area contributed by atoms with E-state index in [0.29, 0.717) is 0 Å². The maximum Gasteiger partial charge on any atom is 0.503 e. The first kappa shape index (κ1) is 59.7. The second-order valence-corrected chi connectivity index (χ2v) is 0.565. The summed E-state index contributed by atoms with van der Waals surface area (Å²) in [6, 6.07) is 0. The van der Waals surface area contributed by atoms with E-state index in [1.165, 1.54) is 0 Å². The van der Waals surface area contributed by atoms with Crippen LogP contribution in [-0.4, -0.2) is 255 Å². The zero-order chi connectivity index (χ0) is 7.15. The summed E-state index contributed by atoms with van der Waals surface area (Å²) in [4.78, 5) is 17.1. The molecule has 0 spiro atoms. The standard InChI is InChI=1S/2CH2O3.4K.3H2O/c2*2-1(3)4;;;;;;;/h2*(H2,2,3,4);;;;;3*1H2. The molecule has 10 N–H and O–H groups in total. The van der Waals surface area contributed by atoms with Gasteiger partial charge in [-0.1, -0.05) is 0 Å². The summed E-state index contributed by atoms with van der Waals surface area (Å²) in [7, 11) is 0. The molecule has 9 nitrogen and oxygen atoms in total. The molecule has 0 saturated heterocycles. The van der Waals surface area contributed by atoms with Crippen molar-refractivity contribution in [2.75, 3.05) is 0 Å². The average molecular weight is 334 g/mol. The van der Waals surface area contributed by atoms with Crippen molar-refractivity contribution in [1.29, 1.82) is 0 Å². The Bertz CT molecular complexity index is 78.1. The molecule has 0 bridgehead atoms. The van der Waals surface area contributed by atoms with E-state index in [1.54, 1.807) is 0 Å². The van der Waals surface area contributed by atoms with Gasteiger partial charge in [0.2, 0.25) is 0 Å². The second kappa shape index (κ2) is 50.9. The van der Waals surface area contributed by atoms with Crippen molar-refractivity contribution in [3.05, 3.63) is 0 Å². The third kappa shape index (κ3) is 221. The van der Waals surface area contributed by atoms with Gasteiger partial charge < -0.3 is 36.9 Å². The molecule has 0 saturated carbocycles. The minimum Gasteiger partial charge on any atom is -0.450 e. The number of hydrogen-bond donors (Lipinski definition) is 4. The fourth-order valence-electron chi connectivity index (χ4n) is 0. The molecule has 0 aromatic heterocycles. The van der Waals surface area contributed by atoms with Gasteiger partial charge in [0.15, 0.2) is 0 Å². The van der Waals surface area contributed by atoms with Crippen LogP contribution in [0.25, 0.3) is 0 Å². The molecule has 0 aromatic carbocycles. The van der Waals surface area contributed by atoms with Gasteiger partial charge in [0.25, 0.3) is 0 Å². The number of carboxylic acid groups (broad SMARTS) is 4. The Hall–Kier alpha value is 4.97. The normalized spacial score (nSPS) is 3.20. The van der Waals surface area contributed by atoms with Crippen molar-refractivity contribution >= 4 is 218 Å². The number of hydrogen-bond acceptors (Lipinski definition) is 2. The Morgan fingerprint density at radius 1 is 0.533 bits per heavy atom. The van der Waals surface area contributed by atoms with Crippen LogP contribution in [-0.2, 0) is 0 Å². The molecule has 0 aliphatic carbocycles. The fraction of sp³-hybridized carbons (Fsp3) is 0. The minimum absolute atomic E-state index is 0. The van der Waals surface area contributed by atoms with Crippen LogP contribution in [0, 0.1) is 0 Å². The Balaban J connectivity index is -0.00000000468. The summed E-state index contributed by atoms with van der Waals surface area (Å²) < 4.78 is 0. The summed E-state index contributed by atoms with van der Waals surface area (Å²) in [5.74, 6) is 0. The zero-order valence-corrected chi connectivity index (χ0v) is 21.6. The molecule has 0 aromatic rings. The summed E-state index contributed by atoms with van der Waals surface area (Å²) in [5.41, 5.74) is 0. The van der Waals surface area contributed by atoms with Gasteiger partial charge in [0.1, 0.15) is 0 Å². The molecule has 4 radical (unpaired) electrons. The van der Waals surface area contributed by atoms with Gasteiger partial charge in [0.05, 0.1) is 0 Å². The van der Waals surface area contributed by atoms with Crippen LogP contribution in [0.15, 0.2) is 0 Å². The molecule has 0 aliphatic rings. The molecule has 0 atom stereocenters. The van der Waals surface area contributed by atoms with Gasteiger partial charge in [0, 0.05) is 206 Å².